The summed E-state index contributed by atoms with van der Waals surface area (Å²) < 4.78 is 51.8. The molecule has 7 nitrogen and oxygen atoms in total. The number of ketones is 2. The van der Waals surface area contributed by atoms with Gasteiger partial charge in [-0.15, -0.1) is 0 Å². The van der Waals surface area contributed by atoms with Gasteiger partial charge in [-0.25, -0.2) is 4.79 Å². The number of hydrogen-bond acceptors (Lipinski definition) is 6. The topological polar surface area (TPSA) is 97.5 Å². The van der Waals surface area contributed by atoms with E-state index in [2.05, 4.69) is 10.3 Å². The molecule has 2 heterocycles. The number of esters is 1. The second-order valence-corrected chi connectivity index (χ2v) is 10.2. The molecule has 5 rings (SSSR count). The fraction of sp³-hybridized carbons (Fsp3) is 0.464. The Morgan fingerprint density at radius 3 is 2.50 bits per heavy atom. The number of H-pyrrole nitrogens is 1. The molecule has 2 aliphatic carbocycles. The van der Waals surface area contributed by atoms with E-state index in [0.717, 1.165) is 31.2 Å². The third-order valence-electron chi connectivity index (χ3n) is 8.10. The Balaban J connectivity index is 1.57. The summed E-state index contributed by atoms with van der Waals surface area (Å²) in [4.78, 5) is 42.1. The first-order valence-electron chi connectivity index (χ1n) is 12.7. The molecule has 3 aliphatic rings. The molecule has 0 saturated heterocycles. The Kier molecular flexibility index (Phi) is 6.61. The maximum absolute atomic E-state index is 14.1. The highest BCUT2D eigenvalue weighted by Crippen LogP contribution is 2.49. The lowest BCUT2D eigenvalue weighted by molar-refractivity contribution is -0.141. The number of carbonyl (C=O) groups excluding carboxylic acids is 3. The molecule has 202 valence electrons. The molecule has 1 fully saturated rings. The van der Waals surface area contributed by atoms with Gasteiger partial charge < -0.3 is 19.8 Å². The third kappa shape index (κ3) is 4.19. The van der Waals surface area contributed by atoms with Crippen LogP contribution in [0.4, 0.5) is 18.9 Å². The number of ether oxygens (including phenoxy) is 2. The SMILES string of the molecule is COC(=O)c1c(C(F)(F)F)[nH]c2c1C1CCCCCC(C(=O)C3Nc4ccc(OC)cc4C3C)C1=CC2=O. The number of nitrogens with one attached hydrogen (secondary N) is 2. The number of Topliss-reactive ketones (excluding diaryl/α,β-unsaturated/α-hetero) is 1. The minimum absolute atomic E-state index is 0.00757. The van der Waals surface area contributed by atoms with Crippen LogP contribution in [-0.4, -0.2) is 42.8 Å². The first kappa shape index (κ1) is 26.1. The van der Waals surface area contributed by atoms with Crippen LogP contribution in [0.1, 0.15) is 88.5 Å². The third-order valence-corrected chi connectivity index (χ3v) is 8.10. The van der Waals surface area contributed by atoms with Crippen molar-refractivity contribution in [2.24, 2.45) is 5.92 Å². The van der Waals surface area contributed by atoms with Crippen LogP contribution in [0.2, 0.25) is 0 Å². The molecular formula is C28H29F3N2O5. The molecule has 4 atom stereocenters. The van der Waals surface area contributed by atoms with Crippen LogP contribution in [0.5, 0.6) is 5.75 Å². The van der Waals surface area contributed by atoms with Gasteiger partial charge in [0.1, 0.15) is 11.4 Å². The van der Waals surface area contributed by atoms with Crippen molar-refractivity contribution < 1.29 is 37.0 Å². The van der Waals surface area contributed by atoms with Gasteiger partial charge in [0, 0.05) is 29.0 Å². The number of halogens is 3. The summed E-state index contributed by atoms with van der Waals surface area (Å²) in [6, 6.07) is 4.98. The number of allylic oxidation sites excluding steroid dienone is 2. The van der Waals surface area contributed by atoms with Crippen molar-refractivity contribution in [2.75, 3.05) is 19.5 Å². The van der Waals surface area contributed by atoms with Gasteiger partial charge in [0.25, 0.3) is 0 Å². The van der Waals surface area contributed by atoms with Crippen molar-refractivity contribution in [3.8, 4) is 5.75 Å². The van der Waals surface area contributed by atoms with Crippen LogP contribution in [0.15, 0.2) is 29.8 Å². The number of carbonyl (C=O) groups is 3. The van der Waals surface area contributed by atoms with Gasteiger partial charge in [0.05, 0.1) is 31.5 Å². The van der Waals surface area contributed by atoms with Crippen LogP contribution in [0.25, 0.3) is 0 Å². The molecule has 38 heavy (non-hydrogen) atoms. The molecule has 4 unspecified atom stereocenters. The largest absolute Gasteiger partial charge is 0.497 e. The molecule has 1 saturated carbocycles. The second-order valence-electron chi connectivity index (χ2n) is 10.2. The van der Waals surface area contributed by atoms with E-state index in [9.17, 15) is 27.6 Å². The minimum Gasteiger partial charge on any atom is -0.497 e. The summed E-state index contributed by atoms with van der Waals surface area (Å²) in [5.74, 6) is -2.82. The van der Waals surface area contributed by atoms with Gasteiger partial charge in [0.2, 0.25) is 5.78 Å². The molecular weight excluding hydrogens is 501 g/mol. The number of fused-ring (bicyclic) bond motifs is 4. The van der Waals surface area contributed by atoms with E-state index in [0.29, 0.717) is 30.6 Å². The zero-order valence-corrected chi connectivity index (χ0v) is 21.3. The van der Waals surface area contributed by atoms with Crippen LogP contribution in [-0.2, 0) is 15.7 Å². The van der Waals surface area contributed by atoms with Gasteiger partial charge in [0.15, 0.2) is 5.78 Å². The number of rotatable bonds is 4. The lowest BCUT2D eigenvalue weighted by Crippen LogP contribution is -2.38. The van der Waals surface area contributed by atoms with Crippen LogP contribution in [0.3, 0.4) is 0 Å². The lowest BCUT2D eigenvalue weighted by atomic mass is 9.69. The fourth-order valence-electron chi connectivity index (χ4n) is 6.26. The highest BCUT2D eigenvalue weighted by Gasteiger charge is 2.47. The quantitative estimate of drug-likeness (QED) is 0.487. The summed E-state index contributed by atoms with van der Waals surface area (Å²) in [7, 11) is 2.58. The Labute approximate surface area is 217 Å². The Morgan fingerprint density at radius 1 is 1.08 bits per heavy atom. The summed E-state index contributed by atoms with van der Waals surface area (Å²) in [6.45, 7) is 1.94. The summed E-state index contributed by atoms with van der Waals surface area (Å²) >= 11 is 0. The predicted molar refractivity (Wildman–Crippen MR) is 133 cm³/mol. The summed E-state index contributed by atoms with van der Waals surface area (Å²) in [5, 5.41) is 3.31. The zero-order valence-electron chi connectivity index (χ0n) is 21.3. The second kappa shape index (κ2) is 9.63. The van der Waals surface area contributed by atoms with Gasteiger partial charge >= 0.3 is 12.1 Å². The van der Waals surface area contributed by atoms with E-state index < -0.39 is 47.1 Å². The minimum atomic E-state index is -4.89. The average Bonchev–Trinajstić information content (AvgIpc) is 3.44. The average molecular weight is 531 g/mol. The molecule has 0 radical (unpaired) electrons. The number of benzene rings is 1. The van der Waals surface area contributed by atoms with Crippen LogP contribution in [0, 0.1) is 5.92 Å². The molecule has 0 spiro atoms. The Morgan fingerprint density at radius 2 is 1.82 bits per heavy atom. The molecule has 10 heteroatoms. The highest BCUT2D eigenvalue weighted by atomic mass is 19.4. The molecule has 1 aromatic heterocycles. The van der Waals surface area contributed by atoms with Crippen molar-refractivity contribution in [3.05, 3.63) is 57.9 Å². The number of alkyl halides is 3. The van der Waals surface area contributed by atoms with E-state index in [1.165, 1.54) is 6.08 Å². The molecule has 1 aromatic carbocycles. The van der Waals surface area contributed by atoms with Crippen molar-refractivity contribution in [3.63, 3.8) is 0 Å². The normalized spacial score (nSPS) is 24.7. The van der Waals surface area contributed by atoms with Gasteiger partial charge in [-0.3, -0.25) is 9.59 Å². The van der Waals surface area contributed by atoms with Crippen LogP contribution < -0.4 is 10.1 Å². The smallest absolute Gasteiger partial charge is 0.432 e. The Hall–Kier alpha value is -3.56. The summed E-state index contributed by atoms with van der Waals surface area (Å²) in [5.41, 5.74) is 0.0119. The number of aromatic amines is 1. The zero-order chi connectivity index (χ0) is 27.4. The van der Waals surface area contributed by atoms with Gasteiger partial charge in [-0.1, -0.05) is 26.2 Å². The number of methoxy groups -OCH3 is 2. The van der Waals surface area contributed by atoms with Crippen molar-refractivity contribution in [1.82, 2.24) is 4.98 Å². The Bertz CT molecular complexity index is 1340. The monoisotopic (exact) mass is 530 g/mol. The standard InChI is InChI=1S/C28H29F3N2O5/c1-13-17-11-14(37-2)9-10-19(17)32-23(13)25(35)16-8-6-4-5-7-15-18(16)12-20(34)24-21(15)22(27(36)38-3)26(33-24)28(29,30)31/h9-13,15-16,23,32-33H,4-8H2,1-3H3. The van der Waals surface area contributed by atoms with E-state index >= 15 is 0 Å². The maximum atomic E-state index is 14.1. The molecule has 2 aromatic rings. The first-order valence-corrected chi connectivity index (χ1v) is 12.7. The first-order chi connectivity index (χ1) is 18.1. The van der Waals surface area contributed by atoms with E-state index in [-0.39, 0.29) is 23.0 Å². The van der Waals surface area contributed by atoms with Crippen molar-refractivity contribution in [2.45, 2.75) is 63.1 Å². The number of hydrogen-bond donors (Lipinski definition) is 2. The maximum Gasteiger partial charge on any atom is 0.432 e. The van der Waals surface area contributed by atoms with Gasteiger partial charge in [-0.2, -0.15) is 13.2 Å². The molecule has 2 N–H and O–H groups in total. The predicted octanol–water partition coefficient (Wildman–Crippen LogP) is 5.78. The summed E-state index contributed by atoms with van der Waals surface area (Å²) in [6.07, 6.45) is -0.478. The molecule has 1 aliphatic heterocycles. The number of aromatic nitrogens is 1. The molecule has 0 amide bonds. The van der Waals surface area contributed by atoms with Gasteiger partial charge in [-0.05, 0) is 48.3 Å². The number of anilines is 1. The van der Waals surface area contributed by atoms with Crippen molar-refractivity contribution in [1.29, 1.82) is 0 Å². The van der Waals surface area contributed by atoms with E-state index in [1.807, 2.05) is 19.1 Å². The molecule has 0 bridgehead atoms. The van der Waals surface area contributed by atoms with E-state index in [4.69, 9.17) is 9.47 Å². The lowest BCUT2D eigenvalue weighted by Gasteiger charge is -2.34. The highest BCUT2D eigenvalue weighted by molar-refractivity contribution is 6.10. The van der Waals surface area contributed by atoms with E-state index in [1.54, 1.807) is 13.2 Å². The fourth-order valence-corrected chi connectivity index (χ4v) is 6.26. The van der Waals surface area contributed by atoms with Crippen LogP contribution >= 0.6 is 0 Å². The van der Waals surface area contributed by atoms with Crippen molar-refractivity contribution >= 4 is 23.2 Å².